The highest BCUT2D eigenvalue weighted by molar-refractivity contribution is 6.30. The zero-order valence-electron chi connectivity index (χ0n) is 18.2. The van der Waals surface area contributed by atoms with Gasteiger partial charge in [-0.2, -0.15) is 4.52 Å². The summed E-state index contributed by atoms with van der Waals surface area (Å²) >= 11 is 5.93. The minimum atomic E-state index is -0.185. The molecule has 0 fully saturated rings. The monoisotopic (exact) mass is 466 g/mol. The first-order chi connectivity index (χ1) is 16.1. The van der Waals surface area contributed by atoms with Gasteiger partial charge in [-0.15, -0.1) is 15.3 Å². The van der Waals surface area contributed by atoms with Gasteiger partial charge in [0, 0.05) is 30.5 Å². The van der Waals surface area contributed by atoms with Crippen LogP contribution in [0.5, 0.6) is 11.5 Å². The number of hydrogen-bond donors (Lipinski definition) is 2. The summed E-state index contributed by atoms with van der Waals surface area (Å²) in [5.41, 5.74) is 2.23. The summed E-state index contributed by atoms with van der Waals surface area (Å²) in [6, 6.07) is 16.5. The first-order valence-corrected chi connectivity index (χ1v) is 10.6. The standard InChI is InChI=1S/C23H23ClN6O3/c1-32-17-7-8-19(33-2)18(13-17)26-23(31)12-11-22-28-27-21-10-9-20(29-30(21)22)25-14-15-3-5-16(24)6-4-15/h3-10,13H,11-12,14H2,1-2H3,(H,25,29)(H,26,31). The molecule has 1 amide bonds. The second-order valence-electron chi connectivity index (χ2n) is 7.20. The number of benzene rings is 2. The van der Waals surface area contributed by atoms with Crippen molar-refractivity contribution in [1.82, 2.24) is 19.8 Å². The third kappa shape index (κ3) is 5.50. The van der Waals surface area contributed by atoms with Gasteiger partial charge in [-0.05, 0) is 42.0 Å². The van der Waals surface area contributed by atoms with Gasteiger partial charge in [0.2, 0.25) is 5.91 Å². The Bertz CT molecular complexity index is 1260. The summed E-state index contributed by atoms with van der Waals surface area (Å²) in [4.78, 5) is 12.6. The fourth-order valence-corrected chi connectivity index (χ4v) is 3.35. The Morgan fingerprint density at radius 2 is 1.85 bits per heavy atom. The molecule has 170 valence electrons. The molecule has 0 bridgehead atoms. The molecule has 0 atom stereocenters. The van der Waals surface area contributed by atoms with Crippen LogP contribution in [0.1, 0.15) is 17.8 Å². The van der Waals surface area contributed by atoms with Gasteiger partial charge in [-0.3, -0.25) is 4.79 Å². The summed E-state index contributed by atoms with van der Waals surface area (Å²) in [5, 5.41) is 19.7. The fourth-order valence-electron chi connectivity index (χ4n) is 3.23. The molecule has 9 nitrogen and oxygen atoms in total. The predicted molar refractivity (Wildman–Crippen MR) is 126 cm³/mol. The van der Waals surface area contributed by atoms with E-state index in [2.05, 4.69) is 25.9 Å². The van der Waals surface area contributed by atoms with Crippen LogP contribution in [0.25, 0.3) is 5.65 Å². The highest BCUT2D eigenvalue weighted by Gasteiger charge is 2.13. The molecule has 2 N–H and O–H groups in total. The summed E-state index contributed by atoms with van der Waals surface area (Å²) < 4.78 is 12.2. The quantitative estimate of drug-likeness (QED) is 0.384. The fraction of sp³-hybridized carbons (Fsp3) is 0.217. The molecule has 0 saturated carbocycles. The highest BCUT2D eigenvalue weighted by Crippen LogP contribution is 2.29. The molecule has 0 aliphatic heterocycles. The van der Waals surface area contributed by atoms with E-state index in [1.807, 2.05) is 36.4 Å². The van der Waals surface area contributed by atoms with Gasteiger partial charge in [-0.25, -0.2) is 0 Å². The second-order valence-corrected chi connectivity index (χ2v) is 7.64. The van der Waals surface area contributed by atoms with E-state index in [4.69, 9.17) is 21.1 Å². The molecule has 4 aromatic rings. The second kappa shape index (κ2) is 10.2. The molecular formula is C23H23ClN6O3. The van der Waals surface area contributed by atoms with Gasteiger partial charge < -0.3 is 20.1 Å². The van der Waals surface area contributed by atoms with Gasteiger partial charge in [0.15, 0.2) is 11.5 Å². The Balaban J connectivity index is 1.41. The zero-order valence-corrected chi connectivity index (χ0v) is 19.0. The van der Waals surface area contributed by atoms with Crippen molar-refractivity contribution in [1.29, 1.82) is 0 Å². The van der Waals surface area contributed by atoms with Gasteiger partial charge in [-0.1, -0.05) is 23.7 Å². The third-order valence-corrected chi connectivity index (χ3v) is 5.22. The molecule has 0 spiro atoms. The molecule has 33 heavy (non-hydrogen) atoms. The van der Waals surface area contributed by atoms with Crippen molar-refractivity contribution >= 4 is 34.7 Å². The number of aromatic nitrogens is 4. The maximum Gasteiger partial charge on any atom is 0.224 e. The van der Waals surface area contributed by atoms with Crippen LogP contribution >= 0.6 is 11.6 Å². The number of fused-ring (bicyclic) bond motifs is 1. The molecule has 0 aliphatic rings. The Kier molecular flexibility index (Phi) is 6.89. The molecule has 4 rings (SSSR count). The Morgan fingerprint density at radius 3 is 2.61 bits per heavy atom. The van der Waals surface area contributed by atoms with Crippen LogP contribution < -0.4 is 20.1 Å². The zero-order chi connectivity index (χ0) is 23.2. The minimum Gasteiger partial charge on any atom is -0.497 e. The first kappa shape index (κ1) is 22.3. The van der Waals surface area contributed by atoms with E-state index in [-0.39, 0.29) is 12.3 Å². The van der Waals surface area contributed by atoms with E-state index in [9.17, 15) is 4.79 Å². The smallest absolute Gasteiger partial charge is 0.224 e. The number of aryl methyl sites for hydroxylation is 1. The van der Waals surface area contributed by atoms with Crippen LogP contribution in [0.3, 0.4) is 0 Å². The maximum absolute atomic E-state index is 12.6. The SMILES string of the molecule is COc1ccc(OC)c(NC(=O)CCc2nnc3ccc(NCc4ccc(Cl)cc4)nn23)c1. The molecule has 0 aliphatic carbocycles. The van der Waals surface area contributed by atoms with E-state index < -0.39 is 0 Å². The summed E-state index contributed by atoms with van der Waals surface area (Å²) in [6.07, 6.45) is 0.568. The van der Waals surface area contributed by atoms with Gasteiger partial charge in [0.25, 0.3) is 0 Å². The average molecular weight is 467 g/mol. The predicted octanol–water partition coefficient (Wildman–Crippen LogP) is 3.98. The van der Waals surface area contributed by atoms with Crippen LogP contribution in [0, 0.1) is 0 Å². The van der Waals surface area contributed by atoms with Crippen LogP contribution in [-0.4, -0.2) is 39.9 Å². The lowest BCUT2D eigenvalue weighted by atomic mass is 10.2. The molecule has 2 heterocycles. The molecule has 0 radical (unpaired) electrons. The normalized spacial score (nSPS) is 10.8. The first-order valence-electron chi connectivity index (χ1n) is 10.3. The number of anilines is 2. The Labute approximate surface area is 195 Å². The maximum atomic E-state index is 12.6. The van der Waals surface area contributed by atoms with Crippen molar-refractivity contribution < 1.29 is 14.3 Å². The Hall–Kier alpha value is -3.85. The minimum absolute atomic E-state index is 0.185. The third-order valence-electron chi connectivity index (χ3n) is 4.97. The van der Waals surface area contributed by atoms with Crippen LogP contribution in [0.15, 0.2) is 54.6 Å². The molecular weight excluding hydrogens is 444 g/mol. The number of halogens is 1. The van der Waals surface area contributed by atoms with Crippen LogP contribution in [0.2, 0.25) is 5.02 Å². The Morgan fingerprint density at radius 1 is 1.03 bits per heavy atom. The number of amides is 1. The van der Waals surface area contributed by atoms with Gasteiger partial charge in [0.05, 0.1) is 19.9 Å². The largest absolute Gasteiger partial charge is 0.497 e. The number of methoxy groups -OCH3 is 2. The summed E-state index contributed by atoms with van der Waals surface area (Å²) in [5.74, 6) is 2.25. The number of carbonyl (C=O) groups is 1. The number of hydrogen-bond acceptors (Lipinski definition) is 7. The molecule has 2 aromatic carbocycles. The molecule has 0 unspecified atom stereocenters. The lowest BCUT2D eigenvalue weighted by Crippen LogP contribution is -2.14. The lowest BCUT2D eigenvalue weighted by Gasteiger charge is -2.11. The van der Waals surface area contributed by atoms with Crippen molar-refractivity contribution in [2.45, 2.75) is 19.4 Å². The topological polar surface area (TPSA) is 103 Å². The van der Waals surface area contributed by atoms with Crippen LogP contribution in [-0.2, 0) is 17.8 Å². The number of carbonyl (C=O) groups excluding carboxylic acids is 1. The summed E-state index contributed by atoms with van der Waals surface area (Å²) in [6.45, 7) is 0.595. The molecule has 0 saturated heterocycles. The van der Waals surface area contributed by atoms with E-state index >= 15 is 0 Å². The van der Waals surface area contributed by atoms with Crippen LogP contribution in [0.4, 0.5) is 11.5 Å². The lowest BCUT2D eigenvalue weighted by molar-refractivity contribution is -0.116. The van der Waals surface area contributed by atoms with Gasteiger partial charge >= 0.3 is 0 Å². The van der Waals surface area contributed by atoms with Gasteiger partial charge in [0.1, 0.15) is 17.3 Å². The molecule has 10 heteroatoms. The van der Waals surface area contributed by atoms with E-state index in [0.717, 1.165) is 5.56 Å². The van der Waals surface area contributed by atoms with Crippen molar-refractivity contribution in [2.75, 3.05) is 24.9 Å². The van der Waals surface area contributed by atoms with Crippen molar-refractivity contribution in [3.05, 3.63) is 71.0 Å². The number of rotatable bonds is 9. The van der Waals surface area contributed by atoms with E-state index in [1.54, 1.807) is 36.9 Å². The number of nitrogens with zero attached hydrogens (tertiary/aromatic N) is 4. The van der Waals surface area contributed by atoms with Crippen molar-refractivity contribution in [3.63, 3.8) is 0 Å². The van der Waals surface area contributed by atoms with Crippen molar-refractivity contribution in [3.8, 4) is 11.5 Å². The highest BCUT2D eigenvalue weighted by atomic mass is 35.5. The van der Waals surface area contributed by atoms with E-state index in [1.165, 1.54) is 0 Å². The molecule has 2 aromatic heterocycles. The number of ether oxygens (including phenoxy) is 2. The van der Waals surface area contributed by atoms with Crippen molar-refractivity contribution in [2.24, 2.45) is 0 Å². The van der Waals surface area contributed by atoms with E-state index in [0.29, 0.717) is 52.5 Å². The number of nitrogens with one attached hydrogen (secondary N) is 2. The summed E-state index contributed by atoms with van der Waals surface area (Å²) in [7, 11) is 3.11. The average Bonchev–Trinajstić information content (AvgIpc) is 3.24.